The number of rotatable bonds is 8. The molecule has 0 saturated heterocycles. The Morgan fingerprint density at radius 2 is 1.08 bits per heavy atom. The molecule has 0 aliphatic carbocycles. The summed E-state index contributed by atoms with van der Waals surface area (Å²) < 4.78 is 0. The summed E-state index contributed by atoms with van der Waals surface area (Å²) in [6.45, 7) is 4.58. The van der Waals surface area contributed by atoms with Gasteiger partial charge in [-0.3, -0.25) is 0 Å². The van der Waals surface area contributed by atoms with Crippen molar-refractivity contribution in [3.8, 4) is 0 Å². The fourth-order valence-electron chi connectivity index (χ4n) is 1.12. The van der Waals surface area contributed by atoms with Crippen LogP contribution in [0.2, 0.25) is 10.5 Å². The van der Waals surface area contributed by atoms with Crippen LogP contribution in [0.15, 0.2) is 0 Å². The van der Waals surface area contributed by atoms with Crippen LogP contribution in [0, 0.1) is 0 Å². The van der Waals surface area contributed by atoms with Crippen LogP contribution in [0.3, 0.4) is 0 Å². The molecule has 80 valence electrons. The van der Waals surface area contributed by atoms with Gasteiger partial charge in [0.1, 0.15) is 0 Å². The molecule has 0 aromatic rings. The second-order valence-corrected chi connectivity index (χ2v) is 6.31. The van der Waals surface area contributed by atoms with E-state index in [0.29, 0.717) is 15.4 Å². The Kier molecular flexibility index (Phi) is 28.5. The van der Waals surface area contributed by atoms with Crippen molar-refractivity contribution >= 4 is 15.4 Å². The van der Waals surface area contributed by atoms with Crippen LogP contribution in [0.25, 0.3) is 0 Å². The Morgan fingerprint density at radius 1 is 0.692 bits per heavy atom. The summed E-state index contributed by atoms with van der Waals surface area (Å²) >= 11 is 0.481. The molecule has 0 rings (SSSR count). The Balaban J connectivity index is -0.000000500. The zero-order valence-electron chi connectivity index (χ0n) is 8.91. The van der Waals surface area contributed by atoms with E-state index in [0.717, 1.165) is 0 Å². The maximum absolute atomic E-state index is 2.29. The van der Waals surface area contributed by atoms with Crippen molar-refractivity contribution in [2.45, 2.75) is 62.9 Å². The van der Waals surface area contributed by atoms with E-state index in [1.165, 1.54) is 38.5 Å². The van der Waals surface area contributed by atoms with E-state index < -0.39 is 0 Å². The van der Waals surface area contributed by atoms with Crippen LogP contribution in [0.4, 0.5) is 0 Å². The Labute approximate surface area is 103 Å². The van der Waals surface area contributed by atoms with E-state index in [-0.39, 0.29) is 24.8 Å². The van der Waals surface area contributed by atoms with Gasteiger partial charge in [-0.25, -0.2) is 0 Å². The molecule has 0 bridgehead atoms. The standard InChI is InChI=1S/C10H22Ge.2ClH/c1-3-5-7-9-11-10-8-6-4-2;;/h3-10H2,1-2H3;2*1H/q+2;;/p-2. The average molecular weight is 286 g/mol. The quantitative estimate of drug-likeness (QED) is 0.355. The molecule has 0 unspecified atom stereocenters. The molecule has 13 heavy (non-hydrogen) atoms. The van der Waals surface area contributed by atoms with Crippen LogP contribution in [0.5, 0.6) is 0 Å². The van der Waals surface area contributed by atoms with Crippen LogP contribution in [-0.4, -0.2) is 15.4 Å². The van der Waals surface area contributed by atoms with Crippen LogP contribution in [0.1, 0.15) is 52.4 Å². The predicted molar refractivity (Wildman–Crippen MR) is 54.4 cm³/mol. The van der Waals surface area contributed by atoms with Gasteiger partial charge in [0.2, 0.25) is 0 Å². The van der Waals surface area contributed by atoms with Gasteiger partial charge in [-0.15, -0.1) is 0 Å². The van der Waals surface area contributed by atoms with Crippen LogP contribution >= 0.6 is 0 Å². The molecule has 0 N–H and O–H groups in total. The third-order valence-electron chi connectivity index (χ3n) is 1.91. The minimum absolute atomic E-state index is 0. The molecule has 3 heteroatoms. The molecule has 0 saturated carbocycles. The second-order valence-electron chi connectivity index (χ2n) is 3.16. The third kappa shape index (κ3) is 19.5. The SMILES string of the molecule is CCCC[CH2][Ge+2][CH2]CCCC.[Cl-].[Cl-]. The molecule has 0 radical (unpaired) electrons. The van der Waals surface area contributed by atoms with Gasteiger partial charge in [-0.1, -0.05) is 0 Å². The van der Waals surface area contributed by atoms with E-state index in [4.69, 9.17) is 0 Å². The first kappa shape index (κ1) is 19.7. The maximum atomic E-state index is 2.29. The molecule has 0 aromatic carbocycles. The van der Waals surface area contributed by atoms with Crippen LogP contribution < -0.4 is 24.8 Å². The number of unbranched alkanes of at least 4 members (excludes halogenated alkanes) is 4. The second kappa shape index (κ2) is 18.8. The first-order valence-electron chi connectivity index (χ1n) is 5.12. The minimum atomic E-state index is 0. The molecule has 0 spiro atoms. The summed E-state index contributed by atoms with van der Waals surface area (Å²) in [5.41, 5.74) is 0. The van der Waals surface area contributed by atoms with Gasteiger partial charge in [0.25, 0.3) is 0 Å². The summed E-state index contributed by atoms with van der Waals surface area (Å²) in [4.78, 5) is 0. The predicted octanol–water partition coefficient (Wildman–Crippen LogP) is -2.08. The Morgan fingerprint density at radius 3 is 1.38 bits per heavy atom. The van der Waals surface area contributed by atoms with Gasteiger partial charge < -0.3 is 24.8 Å². The minimum Gasteiger partial charge on any atom is -1.00 e. The van der Waals surface area contributed by atoms with Crippen molar-refractivity contribution in [3.05, 3.63) is 0 Å². The molecular formula is C10H22Cl2Ge. The summed E-state index contributed by atoms with van der Waals surface area (Å²) in [7, 11) is 0. The zero-order valence-corrected chi connectivity index (χ0v) is 12.5. The molecule has 0 nitrogen and oxygen atoms in total. The van der Waals surface area contributed by atoms with E-state index in [2.05, 4.69) is 13.8 Å². The van der Waals surface area contributed by atoms with Crippen molar-refractivity contribution in [3.63, 3.8) is 0 Å². The Bertz CT molecular complexity index is 61.9. The smallest absolute Gasteiger partial charge is 1.00 e. The van der Waals surface area contributed by atoms with Gasteiger partial charge in [-0.2, -0.15) is 0 Å². The van der Waals surface area contributed by atoms with Gasteiger partial charge in [0, 0.05) is 0 Å². The molecule has 0 aromatic heterocycles. The van der Waals surface area contributed by atoms with Gasteiger partial charge >= 0.3 is 78.3 Å². The van der Waals surface area contributed by atoms with Gasteiger partial charge in [0.05, 0.1) is 0 Å². The summed E-state index contributed by atoms with van der Waals surface area (Å²) in [5.74, 6) is 0. The van der Waals surface area contributed by atoms with E-state index >= 15 is 0 Å². The monoisotopic (exact) mass is 286 g/mol. The number of hydrogen-bond donors (Lipinski definition) is 0. The topological polar surface area (TPSA) is 0 Å². The third-order valence-corrected chi connectivity index (χ3v) is 4.88. The zero-order chi connectivity index (χ0) is 8.36. The van der Waals surface area contributed by atoms with E-state index in [1.807, 2.05) is 0 Å². The van der Waals surface area contributed by atoms with Crippen LogP contribution in [-0.2, 0) is 0 Å². The summed E-state index contributed by atoms with van der Waals surface area (Å²) in [6, 6.07) is 0. The fraction of sp³-hybridized carbons (Fsp3) is 1.00. The number of halogens is 2. The number of hydrogen-bond acceptors (Lipinski definition) is 0. The fourth-order valence-corrected chi connectivity index (χ4v) is 3.75. The first-order chi connectivity index (χ1) is 5.41. The van der Waals surface area contributed by atoms with Gasteiger partial charge in [0.15, 0.2) is 0 Å². The molecule has 0 atom stereocenters. The Hall–Kier alpha value is 1.12. The molecule has 0 amide bonds. The first-order valence-corrected chi connectivity index (χ1v) is 8.09. The van der Waals surface area contributed by atoms with Gasteiger partial charge in [-0.05, 0) is 0 Å². The molecule has 0 aliphatic rings. The average Bonchev–Trinajstić information content (AvgIpc) is 2.03. The summed E-state index contributed by atoms with van der Waals surface area (Å²) in [6.07, 6.45) is 8.75. The van der Waals surface area contributed by atoms with Crippen molar-refractivity contribution < 1.29 is 24.8 Å². The molecular weight excluding hydrogens is 264 g/mol. The van der Waals surface area contributed by atoms with E-state index in [9.17, 15) is 0 Å². The molecule has 0 heterocycles. The van der Waals surface area contributed by atoms with Crippen molar-refractivity contribution in [2.75, 3.05) is 0 Å². The normalized spacial score (nSPS) is 8.15. The van der Waals surface area contributed by atoms with Crippen molar-refractivity contribution in [1.29, 1.82) is 0 Å². The maximum Gasteiger partial charge on any atom is -1.00 e. The van der Waals surface area contributed by atoms with E-state index in [1.54, 1.807) is 10.5 Å². The molecule has 0 aliphatic heterocycles. The van der Waals surface area contributed by atoms with Crippen molar-refractivity contribution in [1.82, 2.24) is 0 Å². The molecule has 0 fully saturated rings. The summed E-state index contributed by atoms with van der Waals surface area (Å²) in [5, 5.41) is 3.19. The van der Waals surface area contributed by atoms with Crippen molar-refractivity contribution in [2.24, 2.45) is 0 Å². The largest absolute Gasteiger partial charge is 1.00 e.